The third kappa shape index (κ3) is 5.84. The molecule has 3 aromatic carbocycles. The summed E-state index contributed by atoms with van der Waals surface area (Å²) in [5.74, 6) is 0.506. The molecule has 0 aromatic heterocycles. The van der Waals surface area contributed by atoms with E-state index in [9.17, 15) is 4.79 Å². The van der Waals surface area contributed by atoms with Gasteiger partial charge in [-0.2, -0.15) is 0 Å². The number of rotatable bonds is 6. The van der Waals surface area contributed by atoms with E-state index < -0.39 is 6.09 Å². The van der Waals surface area contributed by atoms with Gasteiger partial charge in [-0.25, -0.2) is 4.79 Å². The highest BCUT2D eigenvalue weighted by Gasteiger charge is 2.05. The zero-order valence-corrected chi connectivity index (χ0v) is 17.0. The van der Waals surface area contributed by atoms with Crippen molar-refractivity contribution in [1.29, 1.82) is 0 Å². The standard InChI is InChI=1S/C22H19BrClNO2/c23-15-17-3-1-16(2-4-17)13-14-25-22(26)27-21-11-7-19(8-12-21)18-5-9-20(24)10-6-18/h1-12H,13-15H2,(H,25,26). The van der Waals surface area contributed by atoms with Gasteiger partial charge < -0.3 is 10.1 Å². The van der Waals surface area contributed by atoms with E-state index in [1.54, 1.807) is 12.1 Å². The summed E-state index contributed by atoms with van der Waals surface area (Å²) in [6.07, 6.45) is 0.305. The molecule has 0 saturated heterocycles. The molecule has 0 fully saturated rings. The summed E-state index contributed by atoms with van der Waals surface area (Å²) in [6.45, 7) is 0.523. The van der Waals surface area contributed by atoms with Crippen LogP contribution in [0.5, 0.6) is 5.75 Å². The number of nitrogens with one attached hydrogen (secondary N) is 1. The first-order valence-electron chi connectivity index (χ1n) is 8.59. The van der Waals surface area contributed by atoms with E-state index in [2.05, 4.69) is 45.5 Å². The zero-order chi connectivity index (χ0) is 19.1. The molecule has 0 spiro atoms. The summed E-state index contributed by atoms with van der Waals surface area (Å²) >= 11 is 9.34. The molecule has 3 aromatic rings. The molecule has 0 atom stereocenters. The van der Waals surface area contributed by atoms with Crippen molar-refractivity contribution in [2.45, 2.75) is 11.8 Å². The van der Waals surface area contributed by atoms with Crippen LogP contribution in [0, 0.1) is 0 Å². The smallest absolute Gasteiger partial charge is 0.410 e. The molecule has 0 aliphatic rings. The van der Waals surface area contributed by atoms with Gasteiger partial charge >= 0.3 is 6.09 Å². The molecule has 0 bridgehead atoms. The number of hydrogen-bond acceptors (Lipinski definition) is 2. The van der Waals surface area contributed by atoms with Crippen molar-refractivity contribution in [1.82, 2.24) is 5.32 Å². The van der Waals surface area contributed by atoms with Gasteiger partial charge in [0.2, 0.25) is 0 Å². The topological polar surface area (TPSA) is 38.3 Å². The Kier molecular flexibility index (Phi) is 6.91. The minimum absolute atomic E-state index is 0.452. The highest BCUT2D eigenvalue weighted by atomic mass is 79.9. The lowest BCUT2D eigenvalue weighted by Gasteiger charge is -2.08. The van der Waals surface area contributed by atoms with Gasteiger partial charge in [0.15, 0.2) is 0 Å². The molecule has 3 rings (SSSR count). The fraction of sp³-hybridized carbons (Fsp3) is 0.136. The first-order valence-corrected chi connectivity index (χ1v) is 10.1. The maximum Gasteiger partial charge on any atom is 0.412 e. The van der Waals surface area contributed by atoms with Crippen molar-refractivity contribution in [3.05, 3.63) is 88.9 Å². The van der Waals surface area contributed by atoms with Crippen LogP contribution >= 0.6 is 27.5 Å². The molecule has 27 heavy (non-hydrogen) atoms. The second-order valence-electron chi connectivity index (χ2n) is 6.05. The highest BCUT2D eigenvalue weighted by Crippen LogP contribution is 2.24. The van der Waals surface area contributed by atoms with Gasteiger partial charge in [-0.1, -0.05) is 76.1 Å². The Morgan fingerprint density at radius 1 is 0.852 bits per heavy atom. The molecule has 0 unspecified atom stereocenters. The summed E-state index contributed by atoms with van der Waals surface area (Å²) in [7, 11) is 0. The van der Waals surface area contributed by atoms with Crippen LogP contribution in [-0.2, 0) is 11.8 Å². The number of alkyl halides is 1. The number of amides is 1. The fourth-order valence-electron chi connectivity index (χ4n) is 2.60. The highest BCUT2D eigenvalue weighted by molar-refractivity contribution is 9.08. The largest absolute Gasteiger partial charge is 0.412 e. The minimum Gasteiger partial charge on any atom is -0.410 e. The number of carbonyl (C=O) groups is 1. The van der Waals surface area contributed by atoms with Gasteiger partial charge in [0.25, 0.3) is 0 Å². The summed E-state index contributed by atoms with van der Waals surface area (Å²) < 4.78 is 5.32. The van der Waals surface area contributed by atoms with Gasteiger partial charge in [0, 0.05) is 16.9 Å². The average Bonchev–Trinajstić information content (AvgIpc) is 2.70. The van der Waals surface area contributed by atoms with Crippen molar-refractivity contribution in [2.24, 2.45) is 0 Å². The molecule has 0 aliphatic heterocycles. The maximum absolute atomic E-state index is 11.9. The van der Waals surface area contributed by atoms with E-state index >= 15 is 0 Å². The summed E-state index contributed by atoms with van der Waals surface area (Å²) in [5, 5.41) is 4.32. The number of ether oxygens (including phenoxy) is 1. The molecule has 0 heterocycles. The van der Waals surface area contributed by atoms with Crippen LogP contribution in [0.1, 0.15) is 11.1 Å². The second-order valence-corrected chi connectivity index (χ2v) is 7.04. The fourth-order valence-corrected chi connectivity index (χ4v) is 3.10. The van der Waals surface area contributed by atoms with Crippen LogP contribution in [0.15, 0.2) is 72.8 Å². The predicted molar refractivity (Wildman–Crippen MR) is 114 cm³/mol. The van der Waals surface area contributed by atoms with Gasteiger partial charge in [-0.15, -0.1) is 0 Å². The summed E-state index contributed by atoms with van der Waals surface area (Å²) in [4.78, 5) is 11.9. The maximum atomic E-state index is 11.9. The molecule has 3 nitrogen and oxygen atoms in total. The quantitative estimate of drug-likeness (QED) is 0.457. The zero-order valence-electron chi connectivity index (χ0n) is 14.6. The second kappa shape index (κ2) is 9.58. The minimum atomic E-state index is -0.452. The Bertz CT molecular complexity index is 878. The molecular weight excluding hydrogens is 426 g/mol. The van der Waals surface area contributed by atoms with Crippen LogP contribution in [0.4, 0.5) is 4.79 Å². The van der Waals surface area contributed by atoms with Gasteiger partial charge in [-0.05, 0) is 52.9 Å². The first-order chi connectivity index (χ1) is 13.1. The molecule has 0 aliphatic carbocycles. The molecule has 5 heteroatoms. The average molecular weight is 445 g/mol. The van der Waals surface area contributed by atoms with E-state index in [1.807, 2.05) is 36.4 Å². The predicted octanol–water partition coefficient (Wildman–Crippen LogP) is 6.23. The number of hydrogen-bond donors (Lipinski definition) is 1. The summed E-state index contributed by atoms with van der Waals surface area (Å²) in [5.41, 5.74) is 4.49. The van der Waals surface area contributed by atoms with Crippen LogP contribution in [0.2, 0.25) is 5.02 Å². The third-order valence-corrected chi connectivity index (χ3v) is 5.00. The van der Waals surface area contributed by atoms with E-state index in [1.165, 1.54) is 11.1 Å². The third-order valence-electron chi connectivity index (χ3n) is 4.10. The molecule has 1 N–H and O–H groups in total. The van der Waals surface area contributed by atoms with E-state index in [0.29, 0.717) is 17.3 Å². The Morgan fingerprint density at radius 2 is 1.41 bits per heavy atom. The van der Waals surface area contributed by atoms with Gasteiger partial charge in [-0.3, -0.25) is 0 Å². The lowest BCUT2D eigenvalue weighted by atomic mass is 10.1. The van der Waals surface area contributed by atoms with Crippen molar-refractivity contribution in [3.8, 4) is 16.9 Å². The Labute approximate surface area is 172 Å². The molecule has 138 valence electrons. The molecule has 0 saturated carbocycles. The Balaban J connectivity index is 1.48. The Hall–Kier alpha value is -2.30. The van der Waals surface area contributed by atoms with Crippen LogP contribution in [0.3, 0.4) is 0 Å². The lowest BCUT2D eigenvalue weighted by molar-refractivity contribution is 0.200. The normalized spacial score (nSPS) is 10.4. The van der Waals surface area contributed by atoms with Crippen LogP contribution < -0.4 is 10.1 Å². The number of benzene rings is 3. The number of halogens is 2. The van der Waals surface area contributed by atoms with E-state index in [0.717, 1.165) is 22.9 Å². The van der Waals surface area contributed by atoms with Crippen molar-refractivity contribution in [3.63, 3.8) is 0 Å². The SMILES string of the molecule is O=C(NCCc1ccc(CBr)cc1)Oc1ccc(-c2ccc(Cl)cc2)cc1. The lowest BCUT2D eigenvalue weighted by Crippen LogP contribution is -2.28. The van der Waals surface area contributed by atoms with E-state index in [4.69, 9.17) is 16.3 Å². The monoisotopic (exact) mass is 443 g/mol. The van der Waals surface area contributed by atoms with Gasteiger partial charge in [0.1, 0.15) is 5.75 Å². The van der Waals surface area contributed by atoms with Crippen molar-refractivity contribution < 1.29 is 9.53 Å². The van der Waals surface area contributed by atoms with Crippen molar-refractivity contribution >= 4 is 33.6 Å². The van der Waals surface area contributed by atoms with Crippen LogP contribution in [-0.4, -0.2) is 12.6 Å². The van der Waals surface area contributed by atoms with E-state index in [-0.39, 0.29) is 0 Å². The first kappa shape index (κ1) is 19.5. The van der Waals surface area contributed by atoms with Crippen molar-refractivity contribution in [2.75, 3.05) is 6.54 Å². The van der Waals surface area contributed by atoms with Crippen LogP contribution in [0.25, 0.3) is 11.1 Å². The molecule has 0 radical (unpaired) electrons. The molecular formula is C22H19BrClNO2. The number of carbonyl (C=O) groups excluding carboxylic acids is 1. The van der Waals surface area contributed by atoms with Gasteiger partial charge in [0.05, 0.1) is 0 Å². The summed E-state index contributed by atoms with van der Waals surface area (Å²) in [6, 6.07) is 23.3. The molecule has 1 amide bonds. The Morgan fingerprint density at radius 3 is 2.00 bits per heavy atom.